The van der Waals surface area contributed by atoms with Crippen molar-refractivity contribution in [2.24, 2.45) is 0 Å². The number of benzene rings is 1. The predicted octanol–water partition coefficient (Wildman–Crippen LogP) is 1.02. The van der Waals surface area contributed by atoms with E-state index in [1.54, 1.807) is 12.1 Å². The average molecular weight is 180 g/mol. The minimum atomic E-state index is -0.188. The molecule has 0 aliphatic rings. The zero-order valence-electron chi connectivity index (χ0n) is 7.45. The van der Waals surface area contributed by atoms with Crippen molar-refractivity contribution in [3.05, 3.63) is 29.3 Å². The number of hydrogen-bond donors (Lipinski definition) is 2. The van der Waals surface area contributed by atoms with Crippen LogP contribution in [0.5, 0.6) is 5.75 Å². The van der Waals surface area contributed by atoms with Crippen LogP contribution in [-0.2, 0) is 17.8 Å². The molecule has 13 heavy (non-hydrogen) atoms. The van der Waals surface area contributed by atoms with Crippen molar-refractivity contribution in [3.63, 3.8) is 0 Å². The number of carbonyl (C=O) groups excluding carboxylic acids is 1. The van der Waals surface area contributed by atoms with Crippen LogP contribution in [0.4, 0.5) is 0 Å². The molecule has 1 aromatic carbocycles. The first-order chi connectivity index (χ1) is 6.13. The third-order valence-electron chi connectivity index (χ3n) is 1.77. The minimum Gasteiger partial charge on any atom is -0.508 e. The smallest absolute Gasteiger partial charge is 0.134 e. The first kappa shape index (κ1) is 9.74. The molecule has 0 aromatic heterocycles. The van der Waals surface area contributed by atoms with Crippen molar-refractivity contribution in [1.29, 1.82) is 0 Å². The van der Waals surface area contributed by atoms with Gasteiger partial charge in [0, 0.05) is 12.0 Å². The highest BCUT2D eigenvalue weighted by molar-refractivity contribution is 5.78. The van der Waals surface area contributed by atoms with Gasteiger partial charge in [0.1, 0.15) is 11.5 Å². The van der Waals surface area contributed by atoms with Gasteiger partial charge in [-0.1, -0.05) is 12.1 Å². The number of aromatic hydroxyl groups is 1. The molecular formula is C10H12O3. The summed E-state index contributed by atoms with van der Waals surface area (Å²) in [6, 6.07) is 4.85. The van der Waals surface area contributed by atoms with Crippen molar-refractivity contribution >= 4 is 5.78 Å². The Morgan fingerprint density at radius 2 is 2.15 bits per heavy atom. The lowest BCUT2D eigenvalue weighted by molar-refractivity contribution is -0.116. The van der Waals surface area contributed by atoms with Crippen molar-refractivity contribution in [2.45, 2.75) is 20.0 Å². The number of rotatable bonds is 3. The molecule has 1 aromatic rings. The molecule has 0 aliphatic carbocycles. The maximum absolute atomic E-state index is 10.7. The van der Waals surface area contributed by atoms with Gasteiger partial charge < -0.3 is 10.2 Å². The molecule has 2 N–H and O–H groups in total. The third kappa shape index (κ3) is 2.56. The first-order valence-corrected chi connectivity index (χ1v) is 4.04. The highest BCUT2D eigenvalue weighted by Crippen LogP contribution is 2.18. The Bertz CT molecular complexity index is 318. The van der Waals surface area contributed by atoms with Crippen molar-refractivity contribution in [2.75, 3.05) is 0 Å². The van der Waals surface area contributed by atoms with Gasteiger partial charge in [-0.25, -0.2) is 0 Å². The second-order valence-electron chi connectivity index (χ2n) is 3.00. The molecule has 70 valence electrons. The topological polar surface area (TPSA) is 57.5 Å². The summed E-state index contributed by atoms with van der Waals surface area (Å²) < 4.78 is 0. The van der Waals surface area contributed by atoms with E-state index in [1.165, 1.54) is 13.0 Å². The summed E-state index contributed by atoms with van der Waals surface area (Å²) in [5.41, 5.74) is 1.24. The van der Waals surface area contributed by atoms with Gasteiger partial charge >= 0.3 is 0 Å². The number of carbonyl (C=O) groups is 1. The number of ketones is 1. The molecule has 1 rings (SSSR count). The maximum Gasteiger partial charge on any atom is 0.134 e. The van der Waals surface area contributed by atoms with E-state index in [1.807, 2.05) is 0 Å². The van der Waals surface area contributed by atoms with Crippen molar-refractivity contribution < 1.29 is 15.0 Å². The summed E-state index contributed by atoms with van der Waals surface area (Å²) >= 11 is 0. The Morgan fingerprint density at radius 3 is 2.62 bits per heavy atom. The zero-order valence-corrected chi connectivity index (χ0v) is 7.45. The molecule has 0 unspecified atom stereocenters. The molecule has 0 fully saturated rings. The van der Waals surface area contributed by atoms with E-state index in [4.69, 9.17) is 5.11 Å². The lowest BCUT2D eigenvalue weighted by Crippen LogP contribution is -1.96. The van der Waals surface area contributed by atoms with Gasteiger partial charge in [-0.15, -0.1) is 0 Å². The van der Waals surface area contributed by atoms with Gasteiger partial charge in [-0.3, -0.25) is 4.79 Å². The van der Waals surface area contributed by atoms with Gasteiger partial charge in [-0.05, 0) is 18.6 Å². The van der Waals surface area contributed by atoms with Gasteiger partial charge in [0.25, 0.3) is 0 Å². The van der Waals surface area contributed by atoms with Crippen LogP contribution in [0, 0.1) is 0 Å². The van der Waals surface area contributed by atoms with Crippen LogP contribution in [0.2, 0.25) is 0 Å². The monoisotopic (exact) mass is 180 g/mol. The molecule has 0 bridgehead atoms. The maximum atomic E-state index is 10.7. The summed E-state index contributed by atoms with van der Waals surface area (Å²) in [6.45, 7) is 1.31. The van der Waals surface area contributed by atoms with E-state index in [9.17, 15) is 9.90 Å². The van der Waals surface area contributed by atoms with Crippen LogP contribution < -0.4 is 0 Å². The van der Waals surface area contributed by atoms with Crippen LogP contribution in [0.15, 0.2) is 18.2 Å². The minimum absolute atomic E-state index is 0.0428. The second-order valence-corrected chi connectivity index (χ2v) is 3.00. The molecule has 0 saturated carbocycles. The quantitative estimate of drug-likeness (QED) is 0.730. The second kappa shape index (κ2) is 4.05. The SMILES string of the molecule is CC(=O)Cc1ccc(CO)c(O)c1. The molecule has 0 amide bonds. The fourth-order valence-electron chi connectivity index (χ4n) is 1.14. The van der Waals surface area contributed by atoms with E-state index < -0.39 is 0 Å². The van der Waals surface area contributed by atoms with Gasteiger partial charge in [0.15, 0.2) is 0 Å². The Labute approximate surface area is 76.6 Å². The molecule has 3 nitrogen and oxygen atoms in total. The Balaban J connectivity index is 2.89. The van der Waals surface area contributed by atoms with E-state index >= 15 is 0 Å². The standard InChI is InChI=1S/C10H12O3/c1-7(12)4-8-2-3-9(6-11)10(13)5-8/h2-3,5,11,13H,4,6H2,1H3. The summed E-state index contributed by atoms with van der Waals surface area (Å²) in [7, 11) is 0. The molecule has 0 spiro atoms. The predicted molar refractivity (Wildman–Crippen MR) is 48.4 cm³/mol. The Morgan fingerprint density at radius 1 is 1.46 bits per heavy atom. The highest BCUT2D eigenvalue weighted by Gasteiger charge is 2.02. The summed E-state index contributed by atoms with van der Waals surface area (Å²) in [4.78, 5) is 10.7. The van der Waals surface area contributed by atoms with E-state index in [0.717, 1.165) is 5.56 Å². The highest BCUT2D eigenvalue weighted by atomic mass is 16.3. The van der Waals surface area contributed by atoms with E-state index in [0.29, 0.717) is 12.0 Å². The molecule has 0 atom stereocenters. The average Bonchev–Trinajstić information content (AvgIpc) is 2.03. The van der Waals surface area contributed by atoms with E-state index in [-0.39, 0.29) is 18.1 Å². The molecular weight excluding hydrogens is 168 g/mol. The van der Waals surface area contributed by atoms with Crippen LogP contribution in [0.1, 0.15) is 18.1 Å². The lowest BCUT2D eigenvalue weighted by Gasteiger charge is -2.03. The fourth-order valence-corrected chi connectivity index (χ4v) is 1.14. The number of aliphatic hydroxyl groups is 1. The number of aliphatic hydroxyl groups excluding tert-OH is 1. The lowest BCUT2D eigenvalue weighted by atomic mass is 10.1. The molecule has 3 heteroatoms. The number of Topliss-reactive ketones (excluding diaryl/α,β-unsaturated/α-hetero) is 1. The molecule has 0 heterocycles. The van der Waals surface area contributed by atoms with Crippen LogP contribution in [0.25, 0.3) is 0 Å². The Kier molecular flexibility index (Phi) is 3.03. The summed E-state index contributed by atoms with van der Waals surface area (Å²) in [5.74, 6) is 0.0948. The van der Waals surface area contributed by atoms with Crippen molar-refractivity contribution in [3.8, 4) is 5.75 Å². The Hall–Kier alpha value is -1.35. The largest absolute Gasteiger partial charge is 0.508 e. The van der Waals surface area contributed by atoms with Gasteiger partial charge in [-0.2, -0.15) is 0 Å². The van der Waals surface area contributed by atoms with Crippen molar-refractivity contribution in [1.82, 2.24) is 0 Å². The van der Waals surface area contributed by atoms with Gasteiger partial charge in [0.2, 0.25) is 0 Å². The summed E-state index contributed by atoms with van der Waals surface area (Å²) in [5, 5.41) is 18.1. The van der Waals surface area contributed by atoms with E-state index in [2.05, 4.69) is 0 Å². The number of phenols is 1. The summed E-state index contributed by atoms with van der Waals surface area (Å²) in [6.07, 6.45) is 0.319. The molecule has 0 radical (unpaired) electrons. The van der Waals surface area contributed by atoms with Gasteiger partial charge in [0.05, 0.1) is 6.61 Å². The normalized spacial score (nSPS) is 10.0. The third-order valence-corrected chi connectivity index (χ3v) is 1.77. The first-order valence-electron chi connectivity index (χ1n) is 4.04. The fraction of sp³-hybridized carbons (Fsp3) is 0.300. The van der Waals surface area contributed by atoms with Crippen LogP contribution >= 0.6 is 0 Å². The number of hydrogen-bond acceptors (Lipinski definition) is 3. The zero-order chi connectivity index (χ0) is 9.84. The molecule has 0 aliphatic heterocycles. The van der Waals surface area contributed by atoms with Crippen LogP contribution in [-0.4, -0.2) is 16.0 Å². The van der Waals surface area contributed by atoms with Crippen LogP contribution in [0.3, 0.4) is 0 Å². The molecule has 0 saturated heterocycles.